The lowest BCUT2D eigenvalue weighted by molar-refractivity contribution is 0.209. The summed E-state index contributed by atoms with van der Waals surface area (Å²) in [5.41, 5.74) is 3.03. The van der Waals surface area contributed by atoms with Crippen LogP contribution in [-0.4, -0.2) is 31.2 Å². The van der Waals surface area contributed by atoms with E-state index in [9.17, 15) is 0 Å². The summed E-state index contributed by atoms with van der Waals surface area (Å²) in [6, 6.07) is 9.72. The molecule has 7 heteroatoms. The van der Waals surface area contributed by atoms with Gasteiger partial charge in [0, 0.05) is 25.8 Å². The number of nitrogens with zero attached hydrogens (tertiary/aromatic N) is 5. The molecule has 0 saturated heterocycles. The fraction of sp³-hybridized carbons (Fsp3) is 0.278. The van der Waals surface area contributed by atoms with Gasteiger partial charge in [-0.25, -0.2) is 0 Å². The molecule has 0 spiro atoms. The molecule has 0 aliphatic carbocycles. The molecule has 3 aromatic rings. The van der Waals surface area contributed by atoms with E-state index in [1.165, 1.54) is 0 Å². The molecule has 0 amide bonds. The van der Waals surface area contributed by atoms with Crippen molar-refractivity contribution >= 4 is 23.2 Å². The fourth-order valence-electron chi connectivity index (χ4n) is 3.15. The lowest BCUT2D eigenvalue weighted by Gasteiger charge is -2.28. The van der Waals surface area contributed by atoms with Gasteiger partial charge in [-0.15, -0.1) is 10.2 Å². The highest BCUT2D eigenvalue weighted by Crippen LogP contribution is 2.28. The van der Waals surface area contributed by atoms with Crippen molar-refractivity contribution in [3.63, 3.8) is 0 Å². The summed E-state index contributed by atoms with van der Waals surface area (Å²) in [6.45, 7) is 5.23. The van der Waals surface area contributed by atoms with Crippen molar-refractivity contribution in [2.75, 3.05) is 6.54 Å². The smallest absolute Gasteiger partial charge is 0.182 e. The molecule has 0 saturated carbocycles. The van der Waals surface area contributed by atoms with Gasteiger partial charge in [-0.2, -0.15) is 0 Å². The van der Waals surface area contributed by atoms with E-state index in [0.717, 1.165) is 54.6 Å². The molecule has 0 radical (unpaired) electrons. The third-order valence-corrected chi connectivity index (χ3v) is 5.34. The number of rotatable bonds is 3. The first-order chi connectivity index (χ1) is 12.1. The summed E-state index contributed by atoms with van der Waals surface area (Å²) in [5.74, 6) is 1.79. The molecule has 1 aromatic carbocycles. The molecular formula is C18H17Cl2N5. The molecule has 25 heavy (non-hydrogen) atoms. The molecule has 0 atom stereocenters. The predicted molar refractivity (Wildman–Crippen MR) is 98.6 cm³/mol. The number of aryl methyl sites for hydroxylation is 1. The van der Waals surface area contributed by atoms with Crippen LogP contribution in [0.4, 0.5) is 0 Å². The Balaban J connectivity index is 1.57. The average Bonchev–Trinajstić information content (AvgIpc) is 3.02. The Bertz CT molecular complexity index is 922. The van der Waals surface area contributed by atoms with Crippen LogP contribution in [0.1, 0.15) is 17.0 Å². The van der Waals surface area contributed by atoms with Crippen LogP contribution in [0, 0.1) is 6.92 Å². The lowest BCUT2D eigenvalue weighted by Crippen LogP contribution is -2.33. The first-order valence-corrected chi connectivity index (χ1v) is 8.88. The number of fused-ring (bicyclic) bond motifs is 1. The molecule has 2 aromatic heterocycles. The standard InChI is InChI=1S/C18H17Cl2N5/c1-12-4-3-7-21-17(12)18-23-22-15-11-24(8-9-25(15)18)10-13-5-2-6-14(19)16(13)20/h2-7H,8-11H2,1H3. The predicted octanol–water partition coefficient (Wildman–Crippen LogP) is 3.97. The van der Waals surface area contributed by atoms with Gasteiger partial charge in [0.15, 0.2) is 5.82 Å². The second kappa shape index (κ2) is 6.75. The minimum Gasteiger partial charge on any atom is -0.307 e. The van der Waals surface area contributed by atoms with Gasteiger partial charge in [-0.1, -0.05) is 41.4 Å². The molecule has 0 fully saturated rings. The van der Waals surface area contributed by atoms with Crippen LogP contribution in [-0.2, 0) is 19.6 Å². The van der Waals surface area contributed by atoms with E-state index < -0.39 is 0 Å². The maximum atomic E-state index is 6.31. The van der Waals surface area contributed by atoms with E-state index in [1.807, 2.05) is 37.3 Å². The molecule has 0 bridgehead atoms. The van der Waals surface area contributed by atoms with Crippen LogP contribution in [0.3, 0.4) is 0 Å². The van der Waals surface area contributed by atoms with Crippen molar-refractivity contribution in [1.29, 1.82) is 0 Å². The van der Waals surface area contributed by atoms with Crippen molar-refractivity contribution in [2.45, 2.75) is 26.6 Å². The number of halogens is 2. The van der Waals surface area contributed by atoms with Crippen LogP contribution in [0.15, 0.2) is 36.5 Å². The van der Waals surface area contributed by atoms with Gasteiger partial charge in [0.25, 0.3) is 0 Å². The Hall–Kier alpha value is -1.95. The molecule has 3 heterocycles. The van der Waals surface area contributed by atoms with Gasteiger partial charge < -0.3 is 4.57 Å². The second-order valence-corrected chi connectivity index (χ2v) is 6.97. The second-order valence-electron chi connectivity index (χ2n) is 6.18. The summed E-state index contributed by atoms with van der Waals surface area (Å²) < 4.78 is 2.16. The first-order valence-electron chi connectivity index (χ1n) is 8.13. The van der Waals surface area contributed by atoms with E-state index in [4.69, 9.17) is 23.2 Å². The summed E-state index contributed by atoms with van der Waals surface area (Å²) in [6.07, 6.45) is 1.79. The molecule has 1 aliphatic heterocycles. The molecule has 128 valence electrons. The van der Waals surface area contributed by atoms with Gasteiger partial charge in [0.1, 0.15) is 11.5 Å². The Labute approximate surface area is 156 Å². The molecular weight excluding hydrogens is 357 g/mol. The zero-order chi connectivity index (χ0) is 17.4. The minimum absolute atomic E-state index is 0.590. The summed E-state index contributed by atoms with van der Waals surface area (Å²) in [7, 11) is 0. The van der Waals surface area contributed by atoms with E-state index >= 15 is 0 Å². The lowest BCUT2D eigenvalue weighted by atomic mass is 10.2. The van der Waals surface area contributed by atoms with Gasteiger partial charge in [-0.3, -0.25) is 9.88 Å². The van der Waals surface area contributed by atoms with E-state index in [2.05, 4.69) is 24.6 Å². The normalized spacial score (nSPS) is 14.5. The van der Waals surface area contributed by atoms with Crippen LogP contribution in [0.5, 0.6) is 0 Å². The monoisotopic (exact) mass is 373 g/mol. The Kier molecular flexibility index (Phi) is 4.46. The van der Waals surface area contributed by atoms with Crippen molar-refractivity contribution in [3.05, 3.63) is 63.5 Å². The SMILES string of the molecule is Cc1cccnc1-c1nnc2n1CCN(Cc1cccc(Cl)c1Cl)C2. The third kappa shape index (κ3) is 3.15. The zero-order valence-electron chi connectivity index (χ0n) is 13.8. The van der Waals surface area contributed by atoms with E-state index in [1.54, 1.807) is 6.20 Å². The number of benzene rings is 1. The molecule has 0 N–H and O–H groups in total. The van der Waals surface area contributed by atoms with E-state index in [-0.39, 0.29) is 0 Å². The highest BCUT2D eigenvalue weighted by molar-refractivity contribution is 6.42. The minimum atomic E-state index is 0.590. The maximum absolute atomic E-state index is 6.31. The number of hydrogen-bond donors (Lipinski definition) is 0. The maximum Gasteiger partial charge on any atom is 0.182 e. The zero-order valence-corrected chi connectivity index (χ0v) is 15.3. The summed E-state index contributed by atoms with van der Waals surface area (Å²) in [4.78, 5) is 6.77. The first kappa shape index (κ1) is 16.5. The number of aromatic nitrogens is 4. The topological polar surface area (TPSA) is 46.8 Å². The highest BCUT2D eigenvalue weighted by atomic mass is 35.5. The van der Waals surface area contributed by atoms with Crippen LogP contribution in [0.25, 0.3) is 11.5 Å². The average molecular weight is 374 g/mol. The summed E-state index contributed by atoms with van der Waals surface area (Å²) in [5, 5.41) is 9.97. The van der Waals surface area contributed by atoms with Crippen LogP contribution >= 0.6 is 23.2 Å². The summed E-state index contributed by atoms with van der Waals surface area (Å²) >= 11 is 12.4. The Morgan fingerprint density at radius 2 is 1.96 bits per heavy atom. The van der Waals surface area contributed by atoms with Crippen LogP contribution in [0.2, 0.25) is 10.0 Å². The number of hydrogen-bond acceptors (Lipinski definition) is 4. The quantitative estimate of drug-likeness (QED) is 0.696. The number of pyridine rings is 1. The molecule has 4 rings (SSSR count). The van der Waals surface area contributed by atoms with E-state index in [0.29, 0.717) is 10.0 Å². The van der Waals surface area contributed by atoms with Crippen molar-refractivity contribution in [2.24, 2.45) is 0 Å². The third-order valence-electron chi connectivity index (χ3n) is 4.48. The largest absolute Gasteiger partial charge is 0.307 e. The molecule has 5 nitrogen and oxygen atoms in total. The van der Waals surface area contributed by atoms with Crippen molar-refractivity contribution in [1.82, 2.24) is 24.6 Å². The van der Waals surface area contributed by atoms with Gasteiger partial charge >= 0.3 is 0 Å². The molecule has 1 aliphatic rings. The highest BCUT2D eigenvalue weighted by Gasteiger charge is 2.23. The van der Waals surface area contributed by atoms with Gasteiger partial charge in [-0.05, 0) is 30.2 Å². The van der Waals surface area contributed by atoms with Crippen molar-refractivity contribution < 1.29 is 0 Å². The van der Waals surface area contributed by atoms with Crippen LogP contribution < -0.4 is 0 Å². The van der Waals surface area contributed by atoms with Crippen molar-refractivity contribution in [3.8, 4) is 11.5 Å². The van der Waals surface area contributed by atoms with Gasteiger partial charge in [0.05, 0.1) is 16.6 Å². The fourth-order valence-corrected chi connectivity index (χ4v) is 3.53. The van der Waals surface area contributed by atoms with Gasteiger partial charge in [0.2, 0.25) is 0 Å². The Morgan fingerprint density at radius 1 is 1.08 bits per heavy atom. The molecule has 0 unspecified atom stereocenters. The Morgan fingerprint density at radius 3 is 2.80 bits per heavy atom.